The molecular weight excluding hydrogens is 200 g/mol. The van der Waals surface area contributed by atoms with Gasteiger partial charge in [0.05, 0.1) is 11.5 Å². The van der Waals surface area contributed by atoms with Crippen molar-refractivity contribution in [3.63, 3.8) is 0 Å². The normalized spacial score (nSPS) is 17.7. The molecule has 0 saturated heterocycles. The van der Waals surface area contributed by atoms with Crippen molar-refractivity contribution in [3.05, 3.63) is 22.0 Å². The van der Waals surface area contributed by atoms with Crippen LogP contribution in [0.2, 0.25) is 0 Å². The average molecular weight is 212 g/mol. The zero-order chi connectivity index (χ0) is 11.1. The topological polar surface area (TPSA) is 96.2 Å². The third-order valence-corrected chi connectivity index (χ3v) is 2.83. The first-order chi connectivity index (χ1) is 7.10. The lowest BCUT2D eigenvalue weighted by Crippen LogP contribution is -2.22. The number of hydrogen-bond acceptors (Lipinski definition) is 5. The maximum Gasteiger partial charge on any atom is 0.310 e. The monoisotopic (exact) mass is 212 g/mol. The van der Waals surface area contributed by atoms with Gasteiger partial charge in [-0.05, 0) is 12.8 Å². The van der Waals surface area contributed by atoms with Crippen LogP contribution in [-0.4, -0.2) is 21.3 Å². The largest absolute Gasteiger partial charge is 0.310 e. The van der Waals surface area contributed by atoms with Gasteiger partial charge in [0.1, 0.15) is 11.9 Å². The highest BCUT2D eigenvalue weighted by molar-refractivity contribution is 5.42. The van der Waals surface area contributed by atoms with Gasteiger partial charge in [-0.2, -0.15) is 5.10 Å². The van der Waals surface area contributed by atoms with Gasteiger partial charge in [-0.3, -0.25) is 14.8 Å². The van der Waals surface area contributed by atoms with Crippen molar-refractivity contribution < 1.29 is 9.76 Å². The van der Waals surface area contributed by atoms with Gasteiger partial charge in [-0.25, -0.2) is 5.90 Å². The Morgan fingerprint density at radius 1 is 1.80 bits per heavy atom. The summed E-state index contributed by atoms with van der Waals surface area (Å²) < 4.78 is 1.53. The third kappa shape index (κ3) is 1.49. The summed E-state index contributed by atoms with van der Waals surface area (Å²) in [6.07, 6.45) is 2.97. The zero-order valence-corrected chi connectivity index (χ0v) is 8.34. The molecule has 0 radical (unpaired) electrons. The summed E-state index contributed by atoms with van der Waals surface area (Å²) in [5.41, 5.74) is 0.354. The van der Waals surface area contributed by atoms with Crippen molar-refractivity contribution in [3.8, 4) is 0 Å². The fraction of sp³-hybridized carbons (Fsp3) is 0.625. The molecule has 1 aromatic rings. The second kappa shape index (κ2) is 3.28. The molecule has 0 bridgehead atoms. The van der Waals surface area contributed by atoms with Crippen LogP contribution in [0.5, 0.6) is 0 Å². The molecule has 1 heterocycles. The maximum absolute atomic E-state index is 10.8. The van der Waals surface area contributed by atoms with Crippen LogP contribution < -0.4 is 5.90 Å². The van der Waals surface area contributed by atoms with Gasteiger partial charge in [-0.1, -0.05) is 0 Å². The van der Waals surface area contributed by atoms with Crippen LogP contribution in [0.3, 0.4) is 0 Å². The molecule has 0 aromatic carbocycles. The smallest absolute Gasteiger partial charge is 0.304 e. The predicted molar refractivity (Wildman–Crippen MR) is 50.9 cm³/mol. The van der Waals surface area contributed by atoms with Gasteiger partial charge in [0, 0.05) is 12.5 Å². The first-order valence-electron chi connectivity index (χ1n) is 4.59. The number of rotatable bonds is 4. The molecule has 2 rings (SSSR count). The Morgan fingerprint density at radius 3 is 2.93 bits per heavy atom. The molecule has 0 amide bonds. The number of nitrogens with zero attached hydrogens (tertiary/aromatic N) is 3. The predicted octanol–water partition coefficient (Wildman–Crippen LogP) is 0.250. The Labute approximate surface area is 85.9 Å². The molecule has 7 heteroatoms. The summed E-state index contributed by atoms with van der Waals surface area (Å²) in [5.74, 6) is 5.04. The average Bonchev–Trinajstić information content (AvgIpc) is 2.82. The lowest BCUT2D eigenvalue weighted by atomic mass is 10.0. The van der Waals surface area contributed by atoms with Gasteiger partial charge in [0.2, 0.25) is 0 Å². The molecule has 0 spiro atoms. The van der Waals surface area contributed by atoms with Gasteiger partial charge >= 0.3 is 5.69 Å². The van der Waals surface area contributed by atoms with E-state index in [2.05, 4.69) is 9.94 Å². The molecule has 15 heavy (non-hydrogen) atoms. The molecule has 0 aliphatic heterocycles. The Balaban J connectivity index is 2.42. The van der Waals surface area contributed by atoms with Crippen LogP contribution in [0.1, 0.15) is 18.5 Å². The van der Waals surface area contributed by atoms with Crippen molar-refractivity contribution in [2.24, 2.45) is 12.9 Å². The first kappa shape index (κ1) is 10.1. The fourth-order valence-electron chi connectivity index (χ4n) is 1.93. The summed E-state index contributed by atoms with van der Waals surface area (Å²) in [4.78, 5) is 15.0. The quantitative estimate of drug-likeness (QED) is 0.570. The number of nitrogens with two attached hydrogens (primary N) is 1. The summed E-state index contributed by atoms with van der Waals surface area (Å²) in [6, 6.07) is 0. The van der Waals surface area contributed by atoms with Gasteiger partial charge in [0.25, 0.3) is 0 Å². The molecule has 0 atom stereocenters. The van der Waals surface area contributed by atoms with E-state index in [1.165, 1.54) is 10.9 Å². The minimum Gasteiger partial charge on any atom is -0.304 e. The number of nitro groups is 1. The Morgan fingerprint density at radius 2 is 2.47 bits per heavy atom. The molecule has 1 saturated carbocycles. The first-order valence-corrected chi connectivity index (χ1v) is 4.59. The van der Waals surface area contributed by atoms with Crippen LogP contribution in [0.4, 0.5) is 5.69 Å². The van der Waals surface area contributed by atoms with Crippen molar-refractivity contribution in [1.29, 1.82) is 0 Å². The molecular formula is C8H12N4O3. The standard InChI is InChI=1S/C8H12N4O3/c1-11-7(6(4-10-11)12(13)14)8(2-3-8)5-15-9/h4H,2-3,5,9H2,1H3. The van der Waals surface area contributed by atoms with E-state index in [9.17, 15) is 10.1 Å². The van der Waals surface area contributed by atoms with Crippen LogP contribution >= 0.6 is 0 Å². The van der Waals surface area contributed by atoms with E-state index in [0.717, 1.165) is 12.8 Å². The maximum atomic E-state index is 10.8. The highest BCUT2D eigenvalue weighted by Gasteiger charge is 2.51. The molecule has 82 valence electrons. The van der Waals surface area contributed by atoms with Gasteiger partial charge < -0.3 is 4.84 Å². The Kier molecular flexibility index (Phi) is 2.20. The molecule has 7 nitrogen and oxygen atoms in total. The minimum absolute atomic E-state index is 0.0482. The summed E-state index contributed by atoms with van der Waals surface area (Å²) in [7, 11) is 1.69. The molecule has 1 aliphatic carbocycles. The SMILES string of the molecule is Cn1ncc([N+](=O)[O-])c1C1(CON)CC1. The second-order valence-electron chi connectivity index (χ2n) is 3.85. The van der Waals surface area contributed by atoms with E-state index in [1.54, 1.807) is 7.05 Å². The molecule has 1 aliphatic rings. The van der Waals surface area contributed by atoms with Crippen molar-refractivity contribution >= 4 is 5.69 Å². The molecule has 0 unspecified atom stereocenters. The van der Waals surface area contributed by atoms with E-state index >= 15 is 0 Å². The number of aromatic nitrogens is 2. The van der Waals surface area contributed by atoms with Crippen LogP contribution in [0.15, 0.2) is 6.20 Å². The van der Waals surface area contributed by atoms with Crippen molar-refractivity contribution in [2.45, 2.75) is 18.3 Å². The van der Waals surface area contributed by atoms with Crippen molar-refractivity contribution in [1.82, 2.24) is 9.78 Å². The van der Waals surface area contributed by atoms with Crippen LogP contribution in [-0.2, 0) is 17.3 Å². The van der Waals surface area contributed by atoms with E-state index in [4.69, 9.17) is 5.90 Å². The lowest BCUT2D eigenvalue weighted by Gasteiger charge is -2.12. The lowest BCUT2D eigenvalue weighted by molar-refractivity contribution is -0.386. The van der Waals surface area contributed by atoms with Crippen LogP contribution in [0, 0.1) is 10.1 Å². The summed E-state index contributed by atoms with van der Waals surface area (Å²) in [6.45, 7) is 0.299. The summed E-state index contributed by atoms with van der Waals surface area (Å²) in [5, 5.41) is 14.7. The number of hydrogen-bond donors (Lipinski definition) is 1. The second-order valence-corrected chi connectivity index (χ2v) is 3.85. The summed E-state index contributed by atoms with van der Waals surface area (Å²) >= 11 is 0. The number of aryl methyl sites for hydroxylation is 1. The zero-order valence-electron chi connectivity index (χ0n) is 8.34. The highest BCUT2D eigenvalue weighted by Crippen LogP contribution is 2.50. The van der Waals surface area contributed by atoms with Crippen LogP contribution in [0.25, 0.3) is 0 Å². The molecule has 2 N–H and O–H groups in total. The van der Waals surface area contributed by atoms with Gasteiger partial charge in [-0.15, -0.1) is 0 Å². The fourth-order valence-corrected chi connectivity index (χ4v) is 1.93. The van der Waals surface area contributed by atoms with E-state index in [1.807, 2.05) is 0 Å². The van der Waals surface area contributed by atoms with Gasteiger partial charge in [0.15, 0.2) is 0 Å². The van der Waals surface area contributed by atoms with E-state index < -0.39 is 4.92 Å². The Hall–Kier alpha value is -1.47. The highest BCUT2D eigenvalue weighted by atomic mass is 16.6. The molecule has 1 aromatic heterocycles. The van der Waals surface area contributed by atoms with Crippen molar-refractivity contribution in [2.75, 3.05) is 6.61 Å². The molecule has 1 fully saturated rings. The minimum atomic E-state index is -0.418. The van der Waals surface area contributed by atoms with E-state index in [0.29, 0.717) is 12.3 Å². The third-order valence-electron chi connectivity index (χ3n) is 2.83. The Bertz CT molecular complexity index is 397. The van der Waals surface area contributed by atoms with E-state index in [-0.39, 0.29) is 11.1 Å².